The van der Waals surface area contributed by atoms with Gasteiger partial charge in [0, 0.05) is 28.2 Å². The fourth-order valence-corrected chi connectivity index (χ4v) is 8.88. The van der Waals surface area contributed by atoms with Crippen molar-refractivity contribution in [2.45, 2.75) is 63.1 Å². The SMILES string of the molecule is O=C(NC(CC1CCCCC1)C(=O)N1CCC2C1C(=O)CN2S(=O)(=O)C(=O)c1ccccn1)Oc1csc2ccccc12. The van der Waals surface area contributed by atoms with E-state index in [1.54, 1.807) is 11.4 Å². The van der Waals surface area contributed by atoms with Crippen LogP contribution < -0.4 is 10.1 Å². The van der Waals surface area contributed by atoms with Crippen LogP contribution in [0.25, 0.3) is 10.1 Å². The summed E-state index contributed by atoms with van der Waals surface area (Å²) >= 11 is 1.44. The predicted molar refractivity (Wildman–Crippen MR) is 159 cm³/mol. The molecule has 4 heterocycles. The molecule has 3 atom stereocenters. The summed E-state index contributed by atoms with van der Waals surface area (Å²) in [4.78, 5) is 58.5. The summed E-state index contributed by atoms with van der Waals surface area (Å²) in [5.41, 5.74) is -0.238. The first kappa shape index (κ1) is 29.4. The van der Waals surface area contributed by atoms with Gasteiger partial charge >= 0.3 is 11.2 Å². The Morgan fingerprint density at radius 1 is 1.05 bits per heavy atom. The minimum atomic E-state index is -4.55. The van der Waals surface area contributed by atoms with Gasteiger partial charge < -0.3 is 15.0 Å². The molecule has 3 aromatic rings. The Morgan fingerprint density at radius 3 is 2.58 bits per heavy atom. The molecule has 1 N–H and O–H groups in total. The Morgan fingerprint density at radius 2 is 1.81 bits per heavy atom. The van der Waals surface area contributed by atoms with Gasteiger partial charge in [0.05, 0.1) is 12.6 Å². The first-order valence-electron chi connectivity index (χ1n) is 14.5. The maximum Gasteiger partial charge on any atom is 0.413 e. The molecule has 11 nitrogen and oxygen atoms in total. The Hall–Kier alpha value is -3.68. The molecule has 3 unspecified atom stereocenters. The summed E-state index contributed by atoms with van der Waals surface area (Å²) < 4.78 is 34.1. The van der Waals surface area contributed by atoms with E-state index < -0.39 is 57.6 Å². The third kappa shape index (κ3) is 5.80. The molecule has 226 valence electrons. The third-order valence-corrected chi connectivity index (χ3v) is 11.2. The van der Waals surface area contributed by atoms with Crippen molar-refractivity contribution in [2.75, 3.05) is 13.1 Å². The molecular formula is C30H32N4O7S2. The standard InChI is InChI=1S/C30H32N4O7S2/c35-24-17-34(43(39,40)29(37)21-11-6-7-14-31-21)23-13-15-33(27(23)24)28(36)22(16-19-8-2-1-3-9-19)32-30(38)41-25-18-42-26-12-5-4-10-20(25)26/h4-7,10-12,14,18-19,22-23,27H,1-3,8-9,13,15-17H2,(H,32,38). The summed E-state index contributed by atoms with van der Waals surface area (Å²) in [6.45, 7) is -0.384. The van der Waals surface area contributed by atoms with E-state index >= 15 is 0 Å². The van der Waals surface area contributed by atoms with Gasteiger partial charge in [-0.2, -0.15) is 4.31 Å². The van der Waals surface area contributed by atoms with E-state index in [1.807, 2.05) is 24.3 Å². The van der Waals surface area contributed by atoms with Crippen molar-refractivity contribution < 1.29 is 32.3 Å². The average molecular weight is 625 g/mol. The van der Waals surface area contributed by atoms with Crippen LogP contribution in [0.3, 0.4) is 0 Å². The van der Waals surface area contributed by atoms with Crippen molar-refractivity contribution in [3.05, 3.63) is 59.7 Å². The first-order valence-corrected chi connectivity index (χ1v) is 16.8. The Kier molecular flexibility index (Phi) is 8.29. The summed E-state index contributed by atoms with van der Waals surface area (Å²) in [5, 5.41) is 4.11. The van der Waals surface area contributed by atoms with E-state index in [9.17, 15) is 27.6 Å². The Labute approximate surface area is 253 Å². The number of ether oxygens (including phenoxy) is 1. The quantitative estimate of drug-likeness (QED) is 0.419. The number of Topliss-reactive ketones (excluding diaryl/α,β-unsaturated/α-hetero) is 1. The molecule has 13 heteroatoms. The van der Waals surface area contributed by atoms with E-state index in [0.717, 1.165) is 46.5 Å². The number of rotatable bonds is 7. The fraction of sp³-hybridized carbons (Fsp3) is 0.433. The molecule has 3 fully saturated rings. The summed E-state index contributed by atoms with van der Waals surface area (Å²) in [6.07, 6.45) is 6.21. The van der Waals surface area contributed by atoms with E-state index in [4.69, 9.17) is 4.74 Å². The number of fused-ring (bicyclic) bond motifs is 2. The van der Waals surface area contributed by atoms with Crippen molar-refractivity contribution in [3.63, 3.8) is 0 Å². The topological polar surface area (TPSA) is 143 Å². The highest BCUT2D eigenvalue weighted by molar-refractivity contribution is 8.04. The second-order valence-corrected chi connectivity index (χ2v) is 14.0. The maximum atomic E-state index is 14.0. The van der Waals surface area contributed by atoms with Gasteiger partial charge in [0.15, 0.2) is 11.5 Å². The summed E-state index contributed by atoms with van der Waals surface area (Å²) in [7, 11) is -4.55. The highest BCUT2D eigenvalue weighted by Gasteiger charge is 2.55. The van der Waals surface area contributed by atoms with Crippen LogP contribution in [0.5, 0.6) is 5.75 Å². The number of aromatic nitrogens is 1. The van der Waals surface area contributed by atoms with Crippen molar-refractivity contribution >= 4 is 54.3 Å². The molecule has 2 amide bonds. The van der Waals surface area contributed by atoms with Crippen LogP contribution in [-0.2, 0) is 19.6 Å². The number of ketones is 1. The van der Waals surface area contributed by atoms with Gasteiger partial charge in [-0.25, -0.2) is 13.2 Å². The lowest BCUT2D eigenvalue weighted by Gasteiger charge is -2.31. The minimum Gasteiger partial charge on any atom is -0.409 e. The third-order valence-electron chi connectivity index (χ3n) is 8.61. The number of pyridine rings is 1. The van der Waals surface area contributed by atoms with Crippen molar-refractivity contribution in [3.8, 4) is 5.75 Å². The molecule has 2 aliphatic heterocycles. The number of hydrogen-bond acceptors (Lipinski definition) is 9. The number of carbonyl (C=O) groups excluding carboxylic acids is 4. The lowest BCUT2D eigenvalue weighted by atomic mass is 9.84. The van der Waals surface area contributed by atoms with Gasteiger partial charge in [0.2, 0.25) is 5.91 Å². The van der Waals surface area contributed by atoms with Crippen LogP contribution in [-0.4, -0.2) is 76.7 Å². The highest BCUT2D eigenvalue weighted by Crippen LogP contribution is 2.35. The van der Waals surface area contributed by atoms with Crippen LogP contribution in [0.15, 0.2) is 54.0 Å². The number of nitrogens with zero attached hydrogens (tertiary/aromatic N) is 3. The molecule has 2 aromatic heterocycles. The van der Waals surface area contributed by atoms with Gasteiger partial charge in [-0.05, 0) is 43.0 Å². The number of carbonyl (C=O) groups is 4. The zero-order chi connectivity index (χ0) is 30.1. The number of hydrogen-bond donors (Lipinski definition) is 1. The van der Waals surface area contributed by atoms with E-state index in [2.05, 4.69) is 10.3 Å². The number of likely N-dealkylation sites (tertiary alicyclic amines) is 1. The van der Waals surface area contributed by atoms with Gasteiger partial charge in [-0.15, -0.1) is 11.3 Å². The van der Waals surface area contributed by atoms with Crippen LogP contribution in [0.2, 0.25) is 0 Å². The van der Waals surface area contributed by atoms with Gasteiger partial charge in [-0.3, -0.25) is 19.4 Å². The second kappa shape index (κ2) is 12.1. The molecule has 1 saturated carbocycles. The number of nitrogens with one attached hydrogen (secondary N) is 1. The van der Waals surface area contributed by atoms with E-state index in [0.29, 0.717) is 12.2 Å². The number of amides is 2. The number of benzene rings is 1. The second-order valence-electron chi connectivity index (χ2n) is 11.3. The molecule has 0 radical (unpaired) electrons. The van der Waals surface area contributed by atoms with Crippen LogP contribution in [0.1, 0.15) is 55.4 Å². The maximum absolute atomic E-state index is 14.0. The lowest BCUT2D eigenvalue weighted by molar-refractivity contribution is -0.138. The molecule has 0 bridgehead atoms. The zero-order valence-electron chi connectivity index (χ0n) is 23.4. The molecule has 6 rings (SSSR count). The molecular weight excluding hydrogens is 592 g/mol. The summed E-state index contributed by atoms with van der Waals surface area (Å²) in [5.74, 6) is -0.297. The molecule has 43 heavy (non-hydrogen) atoms. The van der Waals surface area contributed by atoms with E-state index in [-0.39, 0.29) is 24.6 Å². The Bertz CT molecular complexity index is 1650. The monoisotopic (exact) mass is 624 g/mol. The molecule has 1 aliphatic carbocycles. The molecule has 0 spiro atoms. The number of thiophene rings is 1. The molecule has 2 saturated heterocycles. The average Bonchev–Trinajstić information content (AvgIpc) is 3.73. The minimum absolute atomic E-state index is 0.122. The van der Waals surface area contributed by atoms with Gasteiger partial charge in [0.1, 0.15) is 17.8 Å². The summed E-state index contributed by atoms with van der Waals surface area (Å²) in [6, 6.07) is 9.06. The fourth-order valence-electron chi connectivity index (χ4n) is 6.54. The first-order chi connectivity index (χ1) is 20.7. The van der Waals surface area contributed by atoms with E-state index in [1.165, 1.54) is 34.6 Å². The van der Waals surface area contributed by atoms with Crippen molar-refractivity contribution in [1.29, 1.82) is 0 Å². The smallest absolute Gasteiger partial charge is 0.409 e. The zero-order valence-corrected chi connectivity index (χ0v) is 25.0. The molecule has 1 aromatic carbocycles. The van der Waals surface area contributed by atoms with Crippen molar-refractivity contribution in [1.82, 2.24) is 19.5 Å². The van der Waals surface area contributed by atoms with Crippen LogP contribution in [0, 0.1) is 5.92 Å². The molecule has 3 aliphatic rings. The normalized spacial score (nSPS) is 22.0. The predicted octanol–water partition coefficient (Wildman–Crippen LogP) is 3.75. The van der Waals surface area contributed by atoms with Gasteiger partial charge in [0.25, 0.3) is 10.0 Å². The van der Waals surface area contributed by atoms with Crippen LogP contribution >= 0.6 is 11.3 Å². The Balaban J connectivity index is 1.20. The number of sulfonamides is 1. The van der Waals surface area contributed by atoms with Crippen LogP contribution in [0.4, 0.5) is 4.79 Å². The highest BCUT2D eigenvalue weighted by atomic mass is 32.2. The van der Waals surface area contributed by atoms with Gasteiger partial charge in [-0.1, -0.05) is 50.3 Å². The largest absolute Gasteiger partial charge is 0.413 e. The lowest BCUT2D eigenvalue weighted by Crippen LogP contribution is -2.53. The van der Waals surface area contributed by atoms with Crippen molar-refractivity contribution in [2.24, 2.45) is 5.92 Å².